The van der Waals surface area contributed by atoms with Crippen LogP contribution in [0.1, 0.15) is 49.2 Å². The highest BCUT2D eigenvalue weighted by Crippen LogP contribution is 2.22. The number of benzene rings is 1. The fraction of sp³-hybridized carbons (Fsp3) is 0.476. The molecular formula is C21H29N3O6S2. The predicted molar refractivity (Wildman–Crippen MR) is 119 cm³/mol. The molecule has 1 aliphatic rings. The number of hydrogen-bond acceptors (Lipinski definition) is 6. The average molecular weight is 484 g/mol. The van der Waals surface area contributed by atoms with Crippen LogP contribution in [0.2, 0.25) is 0 Å². The summed E-state index contributed by atoms with van der Waals surface area (Å²) in [6, 6.07) is 8.69. The summed E-state index contributed by atoms with van der Waals surface area (Å²) >= 11 is 0. The topological polar surface area (TPSA) is 117 Å². The van der Waals surface area contributed by atoms with E-state index in [-0.39, 0.29) is 28.3 Å². The van der Waals surface area contributed by atoms with E-state index in [4.69, 9.17) is 4.42 Å². The third-order valence-electron chi connectivity index (χ3n) is 5.49. The van der Waals surface area contributed by atoms with Crippen LogP contribution in [0.5, 0.6) is 0 Å². The summed E-state index contributed by atoms with van der Waals surface area (Å²) in [5, 5.41) is 2.42. The molecule has 1 aliphatic heterocycles. The van der Waals surface area contributed by atoms with E-state index in [1.807, 2.05) is 0 Å². The quantitative estimate of drug-likeness (QED) is 0.616. The molecule has 0 radical (unpaired) electrons. The van der Waals surface area contributed by atoms with Crippen molar-refractivity contribution in [1.82, 2.24) is 13.9 Å². The molecule has 1 amide bonds. The van der Waals surface area contributed by atoms with Crippen LogP contribution in [-0.2, 0) is 26.6 Å². The number of furan rings is 1. The minimum atomic E-state index is -3.75. The molecule has 0 saturated carbocycles. The smallest absolute Gasteiger partial charge is 0.287 e. The fourth-order valence-corrected chi connectivity index (χ4v) is 6.10. The first-order chi connectivity index (χ1) is 15.0. The van der Waals surface area contributed by atoms with E-state index in [0.717, 1.165) is 19.3 Å². The van der Waals surface area contributed by atoms with Crippen LogP contribution in [0.25, 0.3) is 0 Å². The molecule has 0 spiro atoms. The maximum absolute atomic E-state index is 12.7. The van der Waals surface area contributed by atoms with Crippen LogP contribution in [0, 0.1) is 0 Å². The zero-order valence-corrected chi connectivity index (χ0v) is 20.1. The Morgan fingerprint density at radius 1 is 1.03 bits per heavy atom. The van der Waals surface area contributed by atoms with Crippen LogP contribution in [0.15, 0.2) is 50.8 Å². The van der Waals surface area contributed by atoms with Crippen molar-refractivity contribution in [2.24, 2.45) is 0 Å². The first-order valence-corrected chi connectivity index (χ1v) is 13.4. The predicted octanol–water partition coefficient (Wildman–Crippen LogP) is 2.41. The second-order valence-electron chi connectivity index (χ2n) is 8.03. The van der Waals surface area contributed by atoms with E-state index in [1.54, 1.807) is 26.0 Å². The normalized spacial score (nSPS) is 15.9. The Kier molecular flexibility index (Phi) is 7.43. The number of carbonyl (C=O) groups excluding carboxylic acids is 1. The van der Waals surface area contributed by atoms with Gasteiger partial charge in [-0.2, -0.15) is 8.61 Å². The Labute approximate surface area is 189 Å². The van der Waals surface area contributed by atoms with Crippen molar-refractivity contribution in [3.63, 3.8) is 0 Å². The third kappa shape index (κ3) is 5.22. The minimum absolute atomic E-state index is 0.0988. The summed E-state index contributed by atoms with van der Waals surface area (Å²) in [5.41, 5.74) is 0.692. The van der Waals surface area contributed by atoms with E-state index in [1.165, 1.54) is 39.9 Å². The summed E-state index contributed by atoms with van der Waals surface area (Å²) in [6.45, 7) is 4.61. The van der Waals surface area contributed by atoms with Gasteiger partial charge in [0.15, 0.2) is 5.76 Å². The van der Waals surface area contributed by atoms with Crippen LogP contribution < -0.4 is 5.32 Å². The molecule has 1 aromatic heterocycles. The number of amides is 1. The SMILES string of the molecule is CC(C)N(C)S(=O)(=O)c1ccc(CNC(=O)c2ccc(S(=O)(=O)N3CCCCC3)o2)cc1. The second kappa shape index (κ2) is 9.74. The number of carbonyl (C=O) groups is 1. The van der Waals surface area contributed by atoms with Crippen LogP contribution >= 0.6 is 0 Å². The van der Waals surface area contributed by atoms with Crippen molar-refractivity contribution < 1.29 is 26.0 Å². The first kappa shape index (κ1) is 24.4. The molecule has 0 atom stereocenters. The van der Waals surface area contributed by atoms with E-state index < -0.39 is 26.0 Å². The fourth-order valence-electron chi connectivity index (χ4n) is 3.31. The number of rotatable bonds is 8. The van der Waals surface area contributed by atoms with Gasteiger partial charge in [0.05, 0.1) is 4.90 Å². The standard InChI is InChI=1S/C21H29N3O6S2/c1-16(2)23(3)31(26,27)18-9-7-17(8-10-18)15-22-21(25)19-11-12-20(30-19)32(28,29)24-13-5-4-6-14-24/h7-12,16H,4-6,13-15H2,1-3H3,(H,22,25). The lowest BCUT2D eigenvalue weighted by Gasteiger charge is -2.24. The van der Waals surface area contributed by atoms with Gasteiger partial charge in [-0.15, -0.1) is 0 Å². The zero-order chi connectivity index (χ0) is 23.5. The van der Waals surface area contributed by atoms with E-state index in [0.29, 0.717) is 18.7 Å². The Morgan fingerprint density at radius 2 is 1.66 bits per heavy atom. The van der Waals surface area contributed by atoms with Crippen LogP contribution in [0.4, 0.5) is 0 Å². The molecule has 9 nitrogen and oxygen atoms in total. The van der Waals surface area contributed by atoms with Gasteiger partial charge in [0.1, 0.15) is 0 Å². The Hall–Kier alpha value is -2.21. The molecule has 1 aromatic carbocycles. The molecule has 11 heteroatoms. The molecule has 0 bridgehead atoms. The van der Waals surface area contributed by atoms with Crippen molar-refractivity contribution >= 4 is 26.0 Å². The zero-order valence-electron chi connectivity index (χ0n) is 18.4. The molecule has 1 fully saturated rings. The lowest BCUT2D eigenvalue weighted by molar-refractivity contribution is 0.0917. The van der Waals surface area contributed by atoms with Gasteiger partial charge < -0.3 is 9.73 Å². The van der Waals surface area contributed by atoms with E-state index >= 15 is 0 Å². The van der Waals surface area contributed by atoms with Crippen molar-refractivity contribution in [3.8, 4) is 0 Å². The highest BCUT2D eigenvalue weighted by Gasteiger charge is 2.29. The summed E-state index contributed by atoms with van der Waals surface area (Å²) < 4.78 is 58.4. The van der Waals surface area contributed by atoms with Gasteiger partial charge in [0, 0.05) is 32.7 Å². The molecule has 2 heterocycles. The molecule has 0 aliphatic carbocycles. The minimum Gasteiger partial charge on any atom is -0.438 e. The van der Waals surface area contributed by atoms with Gasteiger partial charge in [0.2, 0.25) is 15.1 Å². The number of hydrogen-bond donors (Lipinski definition) is 1. The molecular weight excluding hydrogens is 454 g/mol. The Morgan fingerprint density at radius 3 is 2.25 bits per heavy atom. The lowest BCUT2D eigenvalue weighted by atomic mass is 10.2. The van der Waals surface area contributed by atoms with Crippen molar-refractivity contribution in [1.29, 1.82) is 0 Å². The highest BCUT2D eigenvalue weighted by molar-refractivity contribution is 7.89. The summed E-state index contributed by atoms with van der Waals surface area (Å²) in [6.07, 6.45) is 2.61. The summed E-state index contributed by atoms with van der Waals surface area (Å²) in [5.74, 6) is -0.653. The number of piperidine rings is 1. The summed E-state index contributed by atoms with van der Waals surface area (Å²) in [7, 11) is -5.80. The molecule has 0 unspecified atom stereocenters. The van der Waals surface area contributed by atoms with Crippen molar-refractivity contribution in [3.05, 3.63) is 47.7 Å². The number of nitrogens with zero attached hydrogens (tertiary/aromatic N) is 2. The molecule has 32 heavy (non-hydrogen) atoms. The van der Waals surface area contributed by atoms with Crippen molar-refractivity contribution in [2.45, 2.75) is 55.7 Å². The van der Waals surface area contributed by atoms with Gasteiger partial charge in [-0.05, 0) is 56.5 Å². The maximum atomic E-state index is 12.7. The van der Waals surface area contributed by atoms with Crippen LogP contribution in [-0.4, -0.2) is 57.5 Å². The second-order valence-corrected chi connectivity index (χ2v) is 11.9. The molecule has 2 aromatic rings. The van der Waals surface area contributed by atoms with E-state index in [9.17, 15) is 21.6 Å². The summed E-state index contributed by atoms with van der Waals surface area (Å²) in [4.78, 5) is 12.6. The monoisotopic (exact) mass is 483 g/mol. The molecule has 176 valence electrons. The van der Waals surface area contributed by atoms with Gasteiger partial charge >= 0.3 is 0 Å². The molecule has 3 rings (SSSR count). The number of nitrogens with one attached hydrogen (secondary N) is 1. The molecule has 1 N–H and O–H groups in total. The van der Waals surface area contributed by atoms with Crippen molar-refractivity contribution in [2.75, 3.05) is 20.1 Å². The maximum Gasteiger partial charge on any atom is 0.287 e. The first-order valence-electron chi connectivity index (χ1n) is 10.5. The third-order valence-corrected chi connectivity index (χ3v) is 9.32. The van der Waals surface area contributed by atoms with Gasteiger partial charge in [-0.1, -0.05) is 18.6 Å². The highest BCUT2D eigenvalue weighted by atomic mass is 32.2. The van der Waals surface area contributed by atoms with Crippen LogP contribution in [0.3, 0.4) is 0 Å². The Balaban J connectivity index is 1.63. The number of sulfonamides is 2. The van der Waals surface area contributed by atoms with Gasteiger partial charge in [-0.25, -0.2) is 16.8 Å². The van der Waals surface area contributed by atoms with Gasteiger partial charge in [0.25, 0.3) is 15.9 Å². The van der Waals surface area contributed by atoms with E-state index in [2.05, 4.69) is 5.32 Å². The lowest BCUT2D eigenvalue weighted by Crippen LogP contribution is -2.35. The largest absolute Gasteiger partial charge is 0.438 e. The van der Waals surface area contributed by atoms with Gasteiger partial charge in [-0.3, -0.25) is 4.79 Å². The average Bonchev–Trinajstić information content (AvgIpc) is 3.29. The molecule has 1 saturated heterocycles. The Bertz CT molecular complexity index is 1150.